The molecule has 1 saturated carbocycles. The number of benzene rings is 1. The zero-order valence-electron chi connectivity index (χ0n) is 15.2. The second-order valence-corrected chi connectivity index (χ2v) is 7.48. The van der Waals surface area contributed by atoms with Gasteiger partial charge in [-0.1, -0.05) is 25.0 Å². The third-order valence-electron chi connectivity index (χ3n) is 5.54. The zero-order valence-corrected chi connectivity index (χ0v) is 15.2. The predicted octanol–water partition coefficient (Wildman–Crippen LogP) is 2.36. The summed E-state index contributed by atoms with van der Waals surface area (Å²) < 4.78 is 1.87. The predicted molar refractivity (Wildman–Crippen MR) is 98.9 cm³/mol. The first-order chi connectivity index (χ1) is 12.6. The fraction of sp³-hybridized carbons (Fsp3) is 0.500. The molecule has 4 rings (SSSR count). The standard InChI is InChI=1S/C20H26N4O2/c1-23-18-9-10-24(12-14-5-4-8-16(25)11-14)13-17(18)19(22-23)20(26)21-15-6-2-3-7-15/h4-5,8,11,15,25H,2-3,6-7,9-10,12-13H2,1H3,(H,21,26). The maximum absolute atomic E-state index is 12.8. The summed E-state index contributed by atoms with van der Waals surface area (Å²) in [5, 5.41) is 17.4. The lowest BCUT2D eigenvalue weighted by Crippen LogP contribution is -2.35. The van der Waals surface area contributed by atoms with Crippen molar-refractivity contribution in [1.29, 1.82) is 0 Å². The normalized spacial score (nSPS) is 18.0. The van der Waals surface area contributed by atoms with Gasteiger partial charge in [0, 0.05) is 50.4 Å². The Morgan fingerprint density at radius 2 is 2.15 bits per heavy atom. The molecule has 0 spiro atoms. The molecule has 1 aliphatic heterocycles. The van der Waals surface area contributed by atoms with Gasteiger partial charge in [0.2, 0.25) is 0 Å². The van der Waals surface area contributed by atoms with Gasteiger partial charge >= 0.3 is 0 Å². The first-order valence-corrected chi connectivity index (χ1v) is 9.46. The lowest BCUT2D eigenvalue weighted by Gasteiger charge is -2.27. The van der Waals surface area contributed by atoms with Crippen molar-refractivity contribution < 1.29 is 9.90 Å². The number of hydrogen-bond donors (Lipinski definition) is 2. The minimum atomic E-state index is -0.0343. The maximum Gasteiger partial charge on any atom is 0.272 e. The first kappa shape index (κ1) is 17.1. The fourth-order valence-electron chi connectivity index (χ4n) is 4.20. The molecule has 2 aliphatic rings. The van der Waals surface area contributed by atoms with Crippen LogP contribution < -0.4 is 5.32 Å². The molecule has 0 saturated heterocycles. The summed E-state index contributed by atoms with van der Waals surface area (Å²) in [7, 11) is 1.93. The molecule has 26 heavy (non-hydrogen) atoms. The van der Waals surface area contributed by atoms with Crippen molar-refractivity contribution in [1.82, 2.24) is 20.0 Å². The van der Waals surface area contributed by atoms with Crippen molar-refractivity contribution in [3.05, 3.63) is 46.8 Å². The molecule has 2 N–H and O–H groups in total. The number of nitrogens with zero attached hydrogens (tertiary/aromatic N) is 3. The molecule has 0 radical (unpaired) electrons. The largest absolute Gasteiger partial charge is 0.508 e. The second-order valence-electron chi connectivity index (χ2n) is 7.48. The van der Waals surface area contributed by atoms with Crippen molar-refractivity contribution in [2.75, 3.05) is 6.54 Å². The van der Waals surface area contributed by atoms with E-state index >= 15 is 0 Å². The summed E-state index contributed by atoms with van der Waals surface area (Å²) in [6.45, 7) is 2.39. The molecule has 2 aromatic rings. The molecule has 0 unspecified atom stereocenters. The van der Waals surface area contributed by atoms with Crippen LogP contribution in [0.25, 0.3) is 0 Å². The number of fused-ring (bicyclic) bond motifs is 1. The van der Waals surface area contributed by atoms with E-state index in [9.17, 15) is 9.90 Å². The monoisotopic (exact) mass is 354 g/mol. The fourth-order valence-corrected chi connectivity index (χ4v) is 4.20. The molecule has 1 aromatic heterocycles. The third kappa shape index (κ3) is 3.46. The van der Waals surface area contributed by atoms with Crippen LogP contribution in [0.2, 0.25) is 0 Å². The van der Waals surface area contributed by atoms with E-state index in [2.05, 4.69) is 15.3 Å². The lowest BCUT2D eigenvalue weighted by molar-refractivity contribution is 0.0929. The number of aromatic nitrogens is 2. The Kier molecular flexibility index (Phi) is 4.68. The summed E-state index contributed by atoms with van der Waals surface area (Å²) in [6.07, 6.45) is 5.43. The quantitative estimate of drug-likeness (QED) is 0.884. The van der Waals surface area contributed by atoms with Crippen molar-refractivity contribution in [3.63, 3.8) is 0 Å². The van der Waals surface area contributed by atoms with Crippen molar-refractivity contribution in [2.24, 2.45) is 7.05 Å². The van der Waals surface area contributed by atoms with Crippen molar-refractivity contribution in [3.8, 4) is 5.75 Å². The van der Waals surface area contributed by atoms with Gasteiger partial charge in [0.25, 0.3) is 5.91 Å². The van der Waals surface area contributed by atoms with Crippen LogP contribution >= 0.6 is 0 Å². The zero-order chi connectivity index (χ0) is 18.1. The van der Waals surface area contributed by atoms with Gasteiger partial charge in [-0.15, -0.1) is 0 Å². The number of amides is 1. The van der Waals surface area contributed by atoms with Gasteiger partial charge in [-0.05, 0) is 30.5 Å². The van der Waals surface area contributed by atoms with E-state index in [4.69, 9.17) is 0 Å². The van der Waals surface area contributed by atoms with Crippen LogP contribution in [0.5, 0.6) is 5.75 Å². The van der Waals surface area contributed by atoms with Gasteiger partial charge in [-0.3, -0.25) is 14.4 Å². The summed E-state index contributed by atoms with van der Waals surface area (Å²) in [5.74, 6) is 0.256. The van der Waals surface area contributed by atoms with E-state index in [-0.39, 0.29) is 5.91 Å². The summed E-state index contributed by atoms with van der Waals surface area (Å²) in [4.78, 5) is 15.1. The van der Waals surface area contributed by atoms with Gasteiger partial charge in [0.05, 0.1) is 0 Å². The molecule has 6 nitrogen and oxygen atoms in total. The molecular weight excluding hydrogens is 328 g/mol. The topological polar surface area (TPSA) is 70.4 Å². The van der Waals surface area contributed by atoms with Crippen molar-refractivity contribution >= 4 is 5.91 Å². The second kappa shape index (κ2) is 7.11. The van der Waals surface area contributed by atoms with Crippen LogP contribution in [0.15, 0.2) is 24.3 Å². The SMILES string of the molecule is Cn1nc(C(=O)NC2CCCC2)c2c1CCN(Cc1cccc(O)c1)C2. The Hall–Kier alpha value is -2.34. The first-order valence-electron chi connectivity index (χ1n) is 9.46. The number of hydrogen-bond acceptors (Lipinski definition) is 4. The molecular formula is C20H26N4O2. The average Bonchev–Trinajstić information content (AvgIpc) is 3.23. The molecule has 1 fully saturated rings. The van der Waals surface area contributed by atoms with Crippen molar-refractivity contribution in [2.45, 2.75) is 51.2 Å². The molecule has 2 heterocycles. The van der Waals surface area contributed by atoms with Gasteiger partial charge < -0.3 is 10.4 Å². The maximum atomic E-state index is 12.8. The van der Waals surface area contributed by atoms with Crippen LogP contribution in [-0.4, -0.2) is 38.3 Å². The van der Waals surface area contributed by atoms with E-state index in [0.717, 1.165) is 49.2 Å². The van der Waals surface area contributed by atoms with Crippen LogP contribution in [0.3, 0.4) is 0 Å². The minimum Gasteiger partial charge on any atom is -0.508 e. The minimum absolute atomic E-state index is 0.0343. The number of carbonyl (C=O) groups is 1. The summed E-state index contributed by atoms with van der Waals surface area (Å²) in [6, 6.07) is 7.67. The number of rotatable bonds is 4. The highest BCUT2D eigenvalue weighted by Crippen LogP contribution is 2.25. The highest BCUT2D eigenvalue weighted by molar-refractivity contribution is 5.94. The Morgan fingerprint density at radius 3 is 2.92 bits per heavy atom. The highest BCUT2D eigenvalue weighted by Gasteiger charge is 2.28. The number of phenolic OH excluding ortho intramolecular Hbond substituents is 1. The van der Waals surface area contributed by atoms with E-state index in [1.54, 1.807) is 12.1 Å². The number of nitrogens with one attached hydrogen (secondary N) is 1. The number of phenols is 1. The Balaban J connectivity index is 1.51. The molecule has 1 aliphatic carbocycles. The van der Waals surface area contributed by atoms with Crippen LogP contribution in [-0.2, 0) is 26.6 Å². The molecule has 1 aromatic carbocycles. The molecule has 6 heteroatoms. The van der Waals surface area contributed by atoms with E-state index in [0.29, 0.717) is 24.0 Å². The number of aryl methyl sites for hydroxylation is 1. The number of carbonyl (C=O) groups excluding carboxylic acids is 1. The summed E-state index contributed by atoms with van der Waals surface area (Å²) >= 11 is 0. The summed E-state index contributed by atoms with van der Waals surface area (Å²) in [5.41, 5.74) is 3.87. The van der Waals surface area contributed by atoms with Gasteiger partial charge in [-0.25, -0.2) is 0 Å². The molecule has 0 bridgehead atoms. The Bertz CT molecular complexity index is 808. The van der Waals surface area contributed by atoms with E-state index < -0.39 is 0 Å². The van der Waals surface area contributed by atoms with Gasteiger partial charge in [0.15, 0.2) is 5.69 Å². The highest BCUT2D eigenvalue weighted by atomic mass is 16.3. The third-order valence-corrected chi connectivity index (χ3v) is 5.54. The van der Waals surface area contributed by atoms with Gasteiger partial charge in [-0.2, -0.15) is 5.10 Å². The van der Waals surface area contributed by atoms with Gasteiger partial charge in [0.1, 0.15) is 5.75 Å². The van der Waals surface area contributed by atoms with E-state index in [1.165, 1.54) is 12.8 Å². The smallest absolute Gasteiger partial charge is 0.272 e. The Labute approximate surface area is 153 Å². The van der Waals surface area contributed by atoms with Crippen LogP contribution in [0, 0.1) is 0 Å². The van der Waals surface area contributed by atoms with E-state index in [1.807, 2.05) is 23.9 Å². The lowest BCUT2D eigenvalue weighted by atomic mass is 10.0. The van der Waals surface area contributed by atoms with Crippen LogP contribution in [0.4, 0.5) is 0 Å². The van der Waals surface area contributed by atoms with Crippen LogP contribution in [0.1, 0.15) is 53.0 Å². The molecule has 0 atom stereocenters. The Morgan fingerprint density at radius 1 is 1.35 bits per heavy atom. The molecule has 138 valence electrons. The molecule has 1 amide bonds. The number of aromatic hydroxyl groups is 1. The average molecular weight is 354 g/mol.